The van der Waals surface area contributed by atoms with E-state index in [1.54, 1.807) is 25.1 Å². The lowest BCUT2D eigenvalue weighted by Gasteiger charge is -2.12. The van der Waals surface area contributed by atoms with Gasteiger partial charge in [-0.15, -0.1) is 11.3 Å². The number of benzene rings is 1. The second-order valence-corrected chi connectivity index (χ2v) is 7.98. The molecule has 1 aliphatic carbocycles. The first-order valence-corrected chi connectivity index (χ1v) is 10.6. The van der Waals surface area contributed by atoms with Gasteiger partial charge in [0.2, 0.25) is 5.91 Å². The average Bonchev–Trinajstić information content (AvgIpc) is 3.05. The van der Waals surface area contributed by atoms with Gasteiger partial charge in [0.1, 0.15) is 10.8 Å². The van der Waals surface area contributed by atoms with Crippen LogP contribution >= 0.6 is 23.6 Å². The van der Waals surface area contributed by atoms with Gasteiger partial charge in [0.15, 0.2) is 5.11 Å². The van der Waals surface area contributed by atoms with E-state index in [4.69, 9.17) is 17.0 Å². The number of anilines is 1. The highest BCUT2D eigenvalue weighted by atomic mass is 32.1. The van der Waals surface area contributed by atoms with Crippen LogP contribution in [-0.2, 0) is 22.4 Å². The summed E-state index contributed by atoms with van der Waals surface area (Å²) >= 11 is 6.72. The molecule has 0 atom stereocenters. The molecule has 0 unspecified atom stereocenters. The van der Waals surface area contributed by atoms with Crippen molar-refractivity contribution >= 4 is 51.6 Å². The summed E-state index contributed by atoms with van der Waals surface area (Å²) in [5, 5.41) is 6.24. The molecule has 0 saturated heterocycles. The quantitative estimate of drug-likeness (QED) is 0.415. The highest BCUT2D eigenvalue weighted by Crippen LogP contribution is 2.38. The van der Waals surface area contributed by atoms with Crippen LogP contribution in [0.2, 0.25) is 0 Å². The molecule has 1 heterocycles. The number of amides is 1. The summed E-state index contributed by atoms with van der Waals surface area (Å²) in [5.74, 6) is -1.14. The van der Waals surface area contributed by atoms with Crippen molar-refractivity contribution in [3.05, 3.63) is 57.7 Å². The molecule has 3 rings (SSSR count). The Morgan fingerprint density at radius 1 is 1.24 bits per heavy atom. The number of ether oxygens (including phenoxy) is 1. The monoisotopic (exact) mass is 432 g/mol. The van der Waals surface area contributed by atoms with E-state index in [0.29, 0.717) is 16.1 Å². The van der Waals surface area contributed by atoms with Gasteiger partial charge in [0, 0.05) is 11.0 Å². The van der Waals surface area contributed by atoms with Crippen LogP contribution in [0.5, 0.6) is 0 Å². The molecule has 0 bridgehead atoms. The molecule has 1 aromatic carbocycles. The Morgan fingerprint density at radius 2 is 1.97 bits per heavy atom. The summed E-state index contributed by atoms with van der Waals surface area (Å²) in [7, 11) is 0. The number of carbonyl (C=O) groups excluding carboxylic acids is 2. The molecule has 8 heteroatoms. The summed E-state index contributed by atoms with van der Waals surface area (Å²) in [6, 6.07) is 5.77. The molecule has 0 fully saturated rings. The molecule has 0 spiro atoms. The number of hydrogen-bond acceptors (Lipinski definition) is 5. The zero-order chi connectivity index (χ0) is 20.8. The van der Waals surface area contributed by atoms with Crippen molar-refractivity contribution in [1.82, 2.24) is 5.32 Å². The maximum Gasteiger partial charge on any atom is 0.341 e. The van der Waals surface area contributed by atoms with Crippen LogP contribution in [0.15, 0.2) is 30.3 Å². The molecule has 1 amide bonds. The molecule has 0 radical (unpaired) electrons. The fourth-order valence-corrected chi connectivity index (χ4v) is 4.66. The molecule has 2 aromatic rings. The van der Waals surface area contributed by atoms with E-state index in [1.807, 2.05) is 0 Å². The van der Waals surface area contributed by atoms with Crippen molar-refractivity contribution in [3.8, 4) is 0 Å². The highest BCUT2D eigenvalue weighted by molar-refractivity contribution is 7.80. The molecule has 0 saturated carbocycles. The van der Waals surface area contributed by atoms with Crippen molar-refractivity contribution in [2.75, 3.05) is 11.9 Å². The molecule has 1 aromatic heterocycles. The van der Waals surface area contributed by atoms with Gasteiger partial charge in [-0.25, -0.2) is 9.18 Å². The van der Waals surface area contributed by atoms with Crippen molar-refractivity contribution in [2.45, 2.75) is 32.6 Å². The second-order valence-electron chi connectivity index (χ2n) is 6.46. The third kappa shape index (κ3) is 5.48. The van der Waals surface area contributed by atoms with Gasteiger partial charge >= 0.3 is 5.97 Å². The van der Waals surface area contributed by atoms with E-state index in [1.165, 1.54) is 29.5 Å². The smallest absolute Gasteiger partial charge is 0.341 e. The first-order chi connectivity index (χ1) is 14.0. The number of halogens is 1. The molecule has 152 valence electrons. The number of nitrogens with one attached hydrogen (secondary N) is 2. The van der Waals surface area contributed by atoms with Gasteiger partial charge in [-0.2, -0.15) is 0 Å². The lowest BCUT2D eigenvalue weighted by atomic mass is 9.95. The second kappa shape index (κ2) is 9.76. The summed E-state index contributed by atoms with van der Waals surface area (Å²) in [6.45, 7) is 2.06. The third-order valence-corrected chi connectivity index (χ3v) is 5.82. The molecular formula is C21H21FN2O3S2. The van der Waals surface area contributed by atoms with E-state index < -0.39 is 5.91 Å². The van der Waals surface area contributed by atoms with Gasteiger partial charge in [0.05, 0.1) is 12.2 Å². The number of carbonyl (C=O) groups is 2. The Labute approximate surface area is 178 Å². The van der Waals surface area contributed by atoms with Crippen molar-refractivity contribution < 1.29 is 18.7 Å². The number of thiophene rings is 1. The van der Waals surface area contributed by atoms with Crippen molar-refractivity contribution in [2.24, 2.45) is 0 Å². The standard InChI is InChI=1S/C21H21FN2O3S2/c1-2-27-20(26)18-15-5-3-4-6-16(15)29-19(18)24-21(28)23-17(25)12-9-13-7-10-14(22)11-8-13/h7-12H,2-6H2,1H3,(H2,23,24,25,28)/b12-9+. The number of rotatable bonds is 5. The summed E-state index contributed by atoms with van der Waals surface area (Å²) in [6.07, 6.45) is 6.75. The molecule has 2 N–H and O–H groups in total. The Morgan fingerprint density at radius 3 is 2.69 bits per heavy atom. The van der Waals surface area contributed by atoms with Gasteiger partial charge in [0.25, 0.3) is 0 Å². The van der Waals surface area contributed by atoms with Gasteiger partial charge in [-0.3, -0.25) is 10.1 Å². The lowest BCUT2D eigenvalue weighted by molar-refractivity contribution is -0.115. The van der Waals surface area contributed by atoms with Crippen LogP contribution in [0.1, 0.15) is 46.1 Å². The van der Waals surface area contributed by atoms with Crippen LogP contribution < -0.4 is 10.6 Å². The minimum Gasteiger partial charge on any atom is -0.462 e. The molecule has 1 aliphatic rings. The summed E-state index contributed by atoms with van der Waals surface area (Å²) in [4.78, 5) is 25.7. The SMILES string of the molecule is CCOC(=O)c1c(NC(=S)NC(=O)/C=C/c2ccc(F)cc2)sc2c1CCCC2. The van der Waals surface area contributed by atoms with E-state index in [9.17, 15) is 14.0 Å². The van der Waals surface area contributed by atoms with Crippen molar-refractivity contribution in [1.29, 1.82) is 0 Å². The molecule has 29 heavy (non-hydrogen) atoms. The largest absolute Gasteiger partial charge is 0.462 e. The Hall–Kier alpha value is -2.58. The minimum absolute atomic E-state index is 0.0999. The number of fused-ring (bicyclic) bond motifs is 1. The highest BCUT2D eigenvalue weighted by Gasteiger charge is 2.26. The van der Waals surface area contributed by atoms with E-state index in [-0.39, 0.29) is 23.5 Å². The Bertz CT molecular complexity index is 952. The lowest BCUT2D eigenvalue weighted by Crippen LogP contribution is -2.33. The first kappa shape index (κ1) is 21.1. The van der Waals surface area contributed by atoms with Crippen LogP contribution in [0.25, 0.3) is 6.08 Å². The zero-order valence-electron chi connectivity index (χ0n) is 15.9. The van der Waals surface area contributed by atoms with E-state index in [0.717, 1.165) is 36.1 Å². The zero-order valence-corrected chi connectivity index (χ0v) is 17.6. The number of esters is 1. The number of aryl methyl sites for hydroxylation is 1. The van der Waals surface area contributed by atoms with Crippen molar-refractivity contribution in [3.63, 3.8) is 0 Å². The Kier molecular flexibility index (Phi) is 7.11. The molecule has 0 aliphatic heterocycles. The first-order valence-electron chi connectivity index (χ1n) is 9.35. The van der Waals surface area contributed by atoms with Crippen LogP contribution in [-0.4, -0.2) is 23.6 Å². The fourth-order valence-electron chi connectivity index (χ4n) is 3.11. The maximum atomic E-state index is 12.9. The van der Waals surface area contributed by atoms with Gasteiger partial charge in [-0.1, -0.05) is 12.1 Å². The van der Waals surface area contributed by atoms with Gasteiger partial charge in [-0.05, 0) is 74.2 Å². The third-order valence-electron chi connectivity index (χ3n) is 4.41. The number of hydrogen-bond donors (Lipinski definition) is 2. The van der Waals surface area contributed by atoms with E-state index in [2.05, 4.69) is 10.6 Å². The fraction of sp³-hybridized carbons (Fsp3) is 0.286. The van der Waals surface area contributed by atoms with Gasteiger partial charge < -0.3 is 10.1 Å². The minimum atomic E-state index is -0.425. The summed E-state index contributed by atoms with van der Waals surface area (Å²) in [5.41, 5.74) is 2.23. The average molecular weight is 433 g/mol. The normalized spacial score (nSPS) is 13.0. The Balaban J connectivity index is 1.68. The predicted octanol–water partition coefficient (Wildman–Crippen LogP) is 4.47. The predicted molar refractivity (Wildman–Crippen MR) is 117 cm³/mol. The summed E-state index contributed by atoms with van der Waals surface area (Å²) < 4.78 is 18.1. The topological polar surface area (TPSA) is 67.4 Å². The number of thiocarbonyl (C=S) groups is 1. The van der Waals surface area contributed by atoms with E-state index >= 15 is 0 Å². The van der Waals surface area contributed by atoms with Crippen LogP contribution in [0.3, 0.4) is 0 Å². The maximum absolute atomic E-state index is 12.9. The van der Waals surface area contributed by atoms with Crippen LogP contribution in [0, 0.1) is 5.82 Å². The molecular weight excluding hydrogens is 411 g/mol. The van der Waals surface area contributed by atoms with Crippen LogP contribution in [0.4, 0.5) is 9.39 Å². The molecule has 5 nitrogen and oxygen atoms in total.